The molecule has 3 atom stereocenters. The van der Waals surface area contributed by atoms with Crippen LogP contribution < -0.4 is 5.32 Å². The predicted octanol–water partition coefficient (Wildman–Crippen LogP) is 1.99. The summed E-state index contributed by atoms with van der Waals surface area (Å²) in [6.07, 6.45) is 0.986. The molecule has 0 aromatic heterocycles. The summed E-state index contributed by atoms with van der Waals surface area (Å²) in [7, 11) is 0. The normalized spacial score (nSPS) is 22.9. The van der Waals surface area contributed by atoms with Gasteiger partial charge in [0.1, 0.15) is 12.6 Å². The molecule has 4 heteroatoms. The Bertz CT molecular complexity index is 300. The maximum absolute atomic E-state index is 11.2. The first-order valence-electron chi connectivity index (χ1n) is 6.43. The number of nitrogens with one attached hydrogen (secondary N) is 1. The number of aliphatic imine (C=N–C) groups is 1. The van der Waals surface area contributed by atoms with E-state index in [1.54, 1.807) is 0 Å². The zero-order valence-corrected chi connectivity index (χ0v) is 11.5. The topological polar surface area (TPSA) is 50.7 Å². The first kappa shape index (κ1) is 14.0. The first-order valence-corrected chi connectivity index (χ1v) is 6.43. The molecule has 17 heavy (non-hydrogen) atoms. The summed E-state index contributed by atoms with van der Waals surface area (Å²) in [6.45, 7) is 10.7. The molecule has 0 aromatic carbocycles. The van der Waals surface area contributed by atoms with E-state index >= 15 is 0 Å². The van der Waals surface area contributed by atoms with Crippen molar-refractivity contribution >= 4 is 11.8 Å². The number of ether oxygens (including phenoxy) is 1. The summed E-state index contributed by atoms with van der Waals surface area (Å²) in [5.74, 6) is 1.48. The van der Waals surface area contributed by atoms with E-state index in [0.29, 0.717) is 24.3 Å². The third-order valence-electron chi connectivity index (χ3n) is 3.30. The van der Waals surface area contributed by atoms with E-state index in [2.05, 4.69) is 38.0 Å². The summed E-state index contributed by atoms with van der Waals surface area (Å²) in [5, 5.41) is 2.94. The lowest BCUT2D eigenvalue weighted by atomic mass is 9.99. The number of amides is 1. The minimum absolute atomic E-state index is 0.0328. The Kier molecular flexibility index (Phi) is 4.97. The number of carbonyl (C=O) groups is 1. The van der Waals surface area contributed by atoms with E-state index in [0.717, 1.165) is 6.42 Å². The highest BCUT2D eigenvalue weighted by Gasteiger charge is 2.30. The fraction of sp³-hybridized carbons (Fsp3) is 0.846. The molecule has 2 unspecified atom stereocenters. The molecule has 4 nitrogen and oxygen atoms in total. The largest absolute Gasteiger partial charge is 0.477 e. The number of hydrogen-bond donors (Lipinski definition) is 1. The molecule has 1 amide bonds. The summed E-state index contributed by atoms with van der Waals surface area (Å²) >= 11 is 0. The fourth-order valence-electron chi connectivity index (χ4n) is 1.82. The molecule has 0 aromatic rings. The van der Waals surface area contributed by atoms with Gasteiger partial charge in [0.2, 0.25) is 11.8 Å². The van der Waals surface area contributed by atoms with Crippen LogP contribution in [-0.2, 0) is 9.53 Å². The average molecular weight is 240 g/mol. The van der Waals surface area contributed by atoms with Crippen LogP contribution >= 0.6 is 0 Å². The van der Waals surface area contributed by atoms with E-state index in [9.17, 15) is 4.79 Å². The SMILES string of the molecule is CCC(C)C(NC(C)=O)C1=N[C@H](C(C)C)CO1. The van der Waals surface area contributed by atoms with Crippen LogP contribution in [0.25, 0.3) is 0 Å². The molecule has 1 aliphatic heterocycles. The van der Waals surface area contributed by atoms with Crippen molar-refractivity contribution in [1.82, 2.24) is 5.32 Å². The molecular weight excluding hydrogens is 216 g/mol. The van der Waals surface area contributed by atoms with Gasteiger partial charge >= 0.3 is 0 Å². The highest BCUT2D eigenvalue weighted by Crippen LogP contribution is 2.19. The van der Waals surface area contributed by atoms with Gasteiger partial charge in [0.05, 0.1) is 6.04 Å². The molecule has 0 spiro atoms. The van der Waals surface area contributed by atoms with Crippen molar-refractivity contribution in [2.24, 2.45) is 16.8 Å². The molecule has 0 saturated heterocycles. The minimum atomic E-state index is -0.0822. The van der Waals surface area contributed by atoms with E-state index in [4.69, 9.17) is 4.74 Å². The molecule has 0 bridgehead atoms. The lowest BCUT2D eigenvalue weighted by molar-refractivity contribution is -0.119. The van der Waals surface area contributed by atoms with Crippen molar-refractivity contribution in [3.8, 4) is 0 Å². The van der Waals surface area contributed by atoms with Crippen LogP contribution in [0.1, 0.15) is 41.0 Å². The van der Waals surface area contributed by atoms with Gasteiger partial charge in [-0.15, -0.1) is 0 Å². The van der Waals surface area contributed by atoms with Gasteiger partial charge < -0.3 is 10.1 Å². The van der Waals surface area contributed by atoms with Gasteiger partial charge in [-0.05, 0) is 11.8 Å². The van der Waals surface area contributed by atoms with Gasteiger partial charge in [-0.1, -0.05) is 34.1 Å². The Morgan fingerprint density at radius 1 is 1.53 bits per heavy atom. The summed E-state index contributed by atoms with van der Waals surface area (Å²) < 4.78 is 5.65. The van der Waals surface area contributed by atoms with Crippen molar-refractivity contribution in [2.45, 2.75) is 53.1 Å². The number of hydrogen-bond acceptors (Lipinski definition) is 3. The van der Waals surface area contributed by atoms with Gasteiger partial charge in [-0.25, -0.2) is 4.99 Å². The van der Waals surface area contributed by atoms with Crippen LogP contribution in [0.3, 0.4) is 0 Å². The van der Waals surface area contributed by atoms with Crippen molar-refractivity contribution in [3.63, 3.8) is 0 Å². The summed E-state index contributed by atoms with van der Waals surface area (Å²) in [4.78, 5) is 15.8. The van der Waals surface area contributed by atoms with E-state index in [1.807, 2.05) is 0 Å². The molecule has 1 heterocycles. The molecular formula is C13H24N2O2. The Morgan fingerprint density at radius 2 is 2.18 bits per heavy atom. The smallest absolute Gasteiger partial charge is 0.217 e. The molecule has 0 aliphatic carbocycles. The molecule has 1 aliphatic rings. The number of nitrogens with zero attached hydrogens (tertiary/aromatic N) is 1. The minimum Gasteiger partial charge on any atom is -0.477 e. The average Bonchev–Trinajstić information content (AvgIpc) is 2.73. The van der Waals surface area contributed by atoms with Crippen molar-refractivity contribution in [3.05, 3.63) is 0 Å². The zero-order valence-electron chi connectivity index (χ0n) is 11.5. The third-order valence-corrected chi connectivity index (χ3v) is 3.30. The van der Waals surface area contributed by atoms with Crippen LogP contribution in [0.2, 0.25) is 0 Å². The lowest BCUT2D eigenvalue weighted by Crippen LogP contribution is -2.44. The van der Waals surface area contributed by atoms with Gasteiger partial charge in [0.15, 0.2) is 0 Å². The van der Waals surface area contributed by atoms with Gasteiger partial charge in [-0.3, -0.25) is 4.79 Å². The Labute approximate surface area is 104 Å². The second-order valence-electron chi connectivity index (χ2n) is 5.15. The summed E-state index contributed by atoms with van der Waals surface area (Å²) in [6, 6.07) is 0.145. The van der Waals surface area contributed by atoms with Crippen LogP contribution in [0.4, 0.5) is 0 Å². The van der Waals surface area contributed by atoms with E-state index < -0.39 is 0 Å². The maximum atomic E-state index is 11.2. The van der Waals surface area contributed by atoms with Crippen LogP contribution in [-0.4, -0.2) is 30.5 Å². The zero-order chi connectivity index (χ0) is 13.0. The second kappa shape index (κ2) is 6.03. The first-order chi connectivity index (χ1) is 7.95. The Morgan fingerprint density at radius 3 is 2.59 bits per heavy atom. The third kappa shape index (κ3) is 3.72. The second-order valence-corrected chi connectivity index (χ2v) is 5.15. The lowest BCUT2D eigenvalue weighted by Gasteiger charge is -2.22. The fourth-order valence-corrected chi connectivity index (χ4v) is 1.82. The van der Waals surface area contributed by atoms with Gasteiger partial charge in [0.25, 0.3) is 0 Å². The van der Waals surface area contributed by atoms with E-state index in [-0.39, 0.29) is 18.0 Å². The predicted molar refractivity (Wildman–Crippen MR) is 69.1 cm³/mol. The summed E-state index contributed by atoms with van der Waals surface area (Å²) in [5.41, 5.74) is 0. The Balaban J connectivity index is 2.77. The van der Waals surface area contributed by atoms with Crippen molar-refractivity contribution in [1.29, 1.82) is 0 Å². The highest BCUT2D eigenvalue weighted by molar-refractivity contribution is 5.88. The Hall–Kier alpha value is -1.06. The number of carbonyl (C=O) groups excluding carboxylic acids is 1. The van der Waals surface area contributed by atoms with Crippen LogP contribution in [0.15, 0.2) is 4.99 Å². The molecule has 1 N–H and O–H groups in total. The monoisotopic (exact) mass is 240 g/mol. The standard InChI is InChI=1S/C13H24N2O2/c1-6-9(4)12(14-10(5)16)13-15-11(7-17-13)8(2)3/h8-9,11-12H,6-7H2,1-5H3,(H,14,16)/t9?,11-,12?/m0/s1. The van der Waals surface area contributed by atoms with Crippen LogP contribution in [0, 0.1) is 11.8 Å². The molecule has 98 valence electrons. The molecule has 0 radical (unpaired) electrons. The van der Waals surface area contributed by atoms with Crippen molar-refractivity contribution in [2.75, 3.05) is 6.61 Å². The highest BCUT2D eigenvalue weighted by atomic mass is 16.5. The molecule has 0 fully saturated rings. The van der Waals surface area contributed by atoms with Gasteiger partial charge in [0, 0.05) is 6.92 Å². The molecule has 0 saturated carbocycles. The molecule has 1 rings (SSSR count). The quantitative estimate of drug-likeness (QED) is 0.799. The van der Waals surface area contributed by atoms with Crippen LogP contribution in [0.5, 0.6) is 0 Å². The van der Waals surface area contributed by atoms with Crippen molar-refractivity contribution < 1.29 is 9.53 Å². The van der Waals surface area contributed by atoms with E-state index in [1.165, 1.54) is 6.92 Å². The van der Waals surface area contributed by atoms with Gasteiger partial charge in [-0.2, -0.15) is 0 Å². The number of rotatable bonds is 5. The maximum Gasteiger partial charge on any atom is 0.217 e.